The third-order valence-corrected chi connectivity index (χ3v) is 12.0. The van der Waals surface area contributed by atoms with E-state index in [9.17, 15) is 33.2 Å². The first-order valence-corrected chi connectivity index (χ1v) is 20.0. The third-order valence-electron chi connectivity index (χ3n) is 12.0. The van der Waals surface area contributed by atoms with Crippen LogP contribution in [0.4, 0.5) is 14.0 Å². The summed E-state index contributed by atoms with van der Waals surface area (Å²) in [6.07, 6.45) is 9.68. The molecule has 13 heteroatoms. The molecule has 3 N–H and O–H groups in total. The summed E-state index contributed by atoms with van der Waals surface area (Å²) in [6.45, 7) is 0.561. The van der Waals surface area contributed by atoms with Crippen molar-refractivity contribution in [3.63, 3.8) is 0 Å². The number of fused-ring (bicyclic) bond motifs is 4. The van der Waals surface area contributed by atoms with E-state index in [0.717, 1.165) is 64.2 Å². The normalized spacial score (nSPS) is 28.4. The molecular formula is C40H55FN4O8. The number of carbonyl (C=O) groups excluding carboxylic acids is 6. The first kappa shape index (κ1) is 38.7. The number of nitrogens with one attached hydrogen (secondary N) is 3. The fourth-order valence-corrected chi connectivity index (χ4v) is 8.63. The lowest BCUT2D eigenvalue weighted by atomic mass is 9.80. The first-order chi connectivity index (χ1) is 25.6. The highest BCUT2D eigenvalue weighted by molar-refractivity contribution is 6.38. The number of hydrogen-bond donors (Lipinski definition) is 3. The molecule has 2 bridgehead atoms. The number of halogens is 1. The van der Waals surface area contributed by atoms with Crippen molar-refractivity contribution in [2.75, 3.05) is 6.54 Å². The zero-order valence-electron chi connectivity index (χ0n) is 30.7. The molecule has 4 amide bonds. The van der Waals surface area contributed by atoms with Crippen molar-refractivity contribution >= 4 is 35.6 Å². The van der Waals surface area contributed by atoms with Gasteiger partial charge in [0.25, 0.3) is 5.91 Å². The molecule has 1 aromatic carbocycles. The van der Waals surface area contributed by atoms with Crippen molar-refractivity contribution in [2.45, 2.75) is 153 Å². The molecule has 2 unspecified atom stereocenters. The molecule has 0 radical (unpaired) electrons. The summed E-state index contributed by atoms with van der Waals surface area (Å²) in [4.78, 5) is 82.8. The highest BCUT2D eigenvalue weighted by Crippen LogP contribution is 2.35. The van der Waals surface area contributed by atoms with Gasteiger partial charge in [0.05, 0.1) is 18.6 Å². The molecule has 0 aromatic heterocycles. The van der Waals surface area contributed by atoms with E-state index >= 15 is 0 Å². The Morgan fingerprint density at radius 2 is 1.51 bits per heavy atom. The van der Waals surface area contributed by atoms with Crippen LogP contribution >= 0.6 is 0 Å². The van der Waals surface area contributed by atoms with Gasteiger partial charge in [-0.15, -0.1) is 0 Å². The van der Waals surface area contributed by atoms with Gasteiger partial charge >= 0.3 is 12.2 Å². The molecule has 4 fully saturated rings. The molecule has 1 saturated heterocycles. The summed E-state index contributed by atoms with van der Waals surface area (Å²) >= 11 is 0. The number of hydrogen-bond acceptors (Lipinski definition) is 8. The first-order valence-electron chi connectivity index (χ1n) is 20.0. The van der Waals surface area contributed by atoms with Crippen LogP contribution < -0.4 is 16.0 Å². The Bertz CT molecular complexity index is 1510. The predicted molar refractivity (Wildman–Crippen MR) is 192 cm³/mol. The molecule has 2 heterocycles. The van der Waals surface area contributed by atoms with Crippen molar-refractivity contribution in [1.82, 2.24) is 20.9 Å². The number of nitrogens with zero attached hydrogens (tertiary/aromatic N) is 1. The fraction of sp³-hybridized carbons (Fsp3) is 0.700. The molecular weight excluding hydrogens is 683 g/mol. The lowest BCUT2D eigenvalue weighted by molar-refractivity contribution is -0.141. The van der Waals surface area contributed by atoms with Gasteiger partial charge in [-0.3, -0.25) is 24.1 Å². The standard InChI is InChI=1S/C40H55FN4O8/c41-32-15-9-12-28-23-45(24-31(28)32)40(51)53-30-21-26-17-18-27(22-30)37(48)43-34(20-25-10-8-11-25)36(47)38(49)42-19-7-3-1-2-4-16-33(35(26)46)44-39(50)52-29-13-5-6-14-29/h9,12,15,25-27,29-30,33-34H,1-8,10-11,13-14,16-24H2,(H,42,49)(H,43,48)(H,44,50)/t26?,27-,30-,33-,34?/m0/s1. The zero-order valence-corrected chi connectivity index (χ0v) is 30.7. The van der Waals surface area contributed by atoms with E-state index in [1.54, 1.807) is 12.1 Å². The Kier molecular flexibility index (Phi) is 13.4. The second kappa shape index (κ2) is 18.3. The van der Waals surface area contributed by atoms with Crippen LogP contribution in [-0.4, -0.2) is 71.3 Å². The van der Waals surface area contributed by atoms with Gasteiger partial charge in [0.1, 0.15) is 18.0 Å². The van der Waals surface area contributed by atoms with E-state index in [1.807, 2.05) is 0 Å². The highest BCUT2D eigenvalue weighted by atomic mass is 19.1. The van der Waals surface area contributed by atoms with Gasteiger partial charge in [0.15, 0.2) is 5.78 Å². The summed E-state index contributed by atoms with van der Waals surface area (Å²) in [7, 11) is 0. The molecule has 6 rings (SSSR count). The topological polar surface area (TPSA) is 160 Å². The molecule has 5 atom stereocenters. The zero-order chi connectivity index (χ0) is 37.3. The number of benzene rings is 1. The lowest BCUT2D eigenvalue weighted by Crippen LogP contribution is -2.50. The van der Waals surface area contributed by atoms with Crippen LogP contribution in [0.25, 0.3) is 0 Å². The SMILES string of the molecule is O=C(N[C@H]1CCCCCCCNC(=O)C(=O)C(CC2CCC2)NC(=O)[C@H]2CCC(C[C@H](OC(=O)N3Cc4cccc(F)c4C3)C2)C1=O)OC1CCCC1. The molecule has 1 aromatic rings. The minimum atomic E-state index is -0.978. The molecule has 53 heavy (non-hydrogen) atoms. The summed E-state index contributed by atoms with van der Waals surface area (Å²) in [5, 5.41) is 8.50. The second-order valence-corrected chi connectivity index (χ2v) is 15.9. The van der Waals surface area contributed by atoms with E-state index in [4.69, 9.17) is 9.47 Å². The minimum absolute atomic E-state index is 0.0436. The van der Waals surface area contributed by atoms with Gasteiger partial charge in [-0.05, 0) is 88.2 Å². The van der Waals surface area contributed by atoms with Crippen LogP contribution in [0.2, 0.25) is 0 Å². The maximum Gasteiger partial charge on any atom is 0.410 e. The number of alkyl carbamates (subject to hydrolysis) is 1. The van der Waals surface area contributed by atoms with Crippen LogP contribution in [0.5, 0.6) is 0 Å². The second-order valence-electron chi connectivity index (χ2n) is 15.9. The number of amides is 4. The minimum Gasteiger partial charge on any atom is -0.446 e. The summed E-state index contributed by atoms with van der Waals surface area (Å²) in [5.41, 5.74) is 1.12. The van der Waals surface area contributed by atoms with E-state index < -0.39 is 65.6 Å². The largest absolute Gasteiger partial charge is 0.446 e. The van der Waals surface area contributed by atoms with Crippen molar-refractivity contribution in [1.29, 1.82) is 0 Å². The van der Waals surface area contributed by atoms with E-state index in [2.05, 4.69) is 16.0 Å². The maximum absolute atomic E-state index is 14.5. The highest BCUT2D eigenvalue weighted by Gasteiger charge is 2.40. The van der Waals surface area contributed by atoms with E-state index in [1.165, 1.54) is 11.0 Å². The number of ketones is 2. The van der Waals surface area contributed by atoms with Crippen LogP contribution in [0.1, 0.15) is 127 Å². The van der Waals surface area contributed by atoms with Gasteiger partial charge in [0, 0.05) is 30.5 Å². The van der Waals surface area contributed by atoms with Gasteiger partial charge in [0.2, 0.25) is 11.7 Å². The van der Waals surface area contributed by atoms with Gasteiger partial charge in [-0.25, -0.2) is 14.0 Å². The quantitative estimate of drug-likeness (QED) is 0.321. The smallest absolute Gasteiger partial charge is 0.410 e. The van der Waals surface area contributed by atoms with Crippen LogP contribution in [0.15, 0.2) is 18.2 Å². The molecule has 12 nitrogen and oxygen atoms in total. The average molecular weight is 739 g/mol. The van der Waals surface area contributed by atoms with Crippen molar-refractivity contribution in [3.8, 4) is 0 Å². The van der Waals surface area contributed by atoms with Gasteiger partial charge in [-0.1, -0.05) is 57.1 Å². The Balaban J connectivity index is 1.22. The van der Waals surface area contributed by atoms with Gasteiger partial charge in [-0.2, -0.15) is 0 Å². The van der Waals surface area contributed by atoms with E-state index in [-0.39, 0.29) is 50.2 Å². The Hall–Kier alpha value is -4.03. The number of ether oxygens (including phenoxy) is 2. The van der Waals surface area contributed by atoms with Gasteiger partial charge < -0.3 is 25.4 Å². The number of carbonyl (C=O) groups is 6. The number of rotatable bonds is 5. The summed E-state index contributed by atoms with van der Waals surface area (Å²) < 4.78 is 26.2. The fourth-order valence-electron chi connectivity index (χ4n) is 8.63. The molecule has 5 aliphatic rings. The Morgan fingerprint density at radius 3 is 2.26 bits per heavy atom. The summed E-state index contributed by atoms with van der Waals surface area (Å²) in [6, 6.07) is 2.93. The molecule has 3 aliphatic carbocycles. The molecule has 0 spiro atoms. The van der Waals surface area contributed by atoms with Crippen molar-refractivity contribution in [2.24, 2.45) is 17.8 Å². The molecule has 3 saturated carbocycles. The van der Waals surface area contributed by atoms with Crippen molar-refractivity contribution in [3.05, 3.63) is 35.1 Å². The number of Topliss-reactive ketones (excluding diaryl/α,β-unsaturated/α-hetero) is 2. The van der Waals surface area contributed by atoms with Crippen LogP contribution in [0.3, 0.4) is 0 Å². The van der Waals surface area contributed by atoms with Crippen molar-refractivity contribution < 1.29 is 42.6 Å². The molecule has 2 aliphatic heterocycles. The van der Waals surface area contributed by atoms with Crippen LogP contribution in [0, 0.1) is 23.6 Å². The van der Waals surface area contributed by atoms with Crippen LogP contribution in [-0.2, 0) is 41.7 Å². The maximum atomic E-state index is 14.5. The summed E-state index contributed by atoms with van der Waals surface area (Å²) in [5.74, 6) is -3.47. The Labute approximate surface area is 311 Å². The van der Waals surface area contributed by atoms with E-state index in [0.29, 0.717) is 49.8 Å². The third kappa shape index (κ3) is 10.3. The molecule has 290 valence electrons. The average Bonchev–Trinajstić information content (AvgIpc) is 3.75. The lowest BCUT2D eigenvalue weighted by Gasteiger charge is -2.30. The Morgan fingerprint density at radius 1 is 0.792 bits per heavy atom. The monoisotopic (exact) mass is 738 g/mol. The predicted octanol–water partition coefficient (Wildman–Crippen LogP) is 5.77.